The zero-order valence-corrected chi connectivity index (χ0v) is 18.1. The van der Waals surface area contributed by atoms with Gasteiger partial charge < -0.3 is 19.8 Å². The number of rotatable bonds is 4. The molecule has 0 bridgehead atoms. The summed E-state index contributed by atoms with van der Waals surface area (Å²) in [5.74, 6) is 0. The van der Waals surface area contributed by atoms with Crippen LogP contribution in [0.5, 0.6) is 0 Å². The van der Waals surface area contributed by atoms with E-state index in [1.165, 1.54) is 27.4 Å². The lowest BCUT2D eigenvalue weighted by Crippen LogP contribution is -2.40. The van der Waals surface area contributed by atoms with Crippen molar-refractivity contribution in [1.82, 2.24) is 14.9 Å². The molecule has 7 nitrogen and oxygen atoms in total. The van der Waals surface area contributed by atoms with E-state index in [0.29, 0.717) is 25.6 Å². The fourth-order valence-corrected chi connectivity index (χ4v) is 5.23. The van der Waals surface area contributed by atoms with E-state index in [0.717, 1.165) is 56.3 Å². The van der Waals surface area contributed by atoms with Gasteiger partial charge in [0.15, 0.2) is 0 Å². The predicted octanol–water partition coefficient (Wildman–Crippen LogP) is 3.96. The number of allylic oxidation sites excluding steroid dienone is 1. The molecule has 164 valence electrons. The zero-order chi connectivity index (χ0) is 21.3. The number of aliphatic hydroxyl groups excluding tert-OH is 1. The first-order valence-electron chi connectivity index (χ1n) is 11.2. The molecular weight excluding hydrogens is 382 g/mol. The molecule has 1 amide bonds. The van der Waals surface area contributed by atoms with Gasteiger partial charge in [-0.2, -0.15) is 0 Å². The molecule has 4 rings (SSSR count). The molecule has 7 heteroatoms. The van der Waals surface area contributed by atoms with Gasteiger partial charge in [-0.1, -0.05) is 6.92 Å². The number of fused-ring (bicyclic) bond motifs is 1. The van der Waals surface area contributed by atoms with Crippen LogP contribution in [0, 0.1) is 0 Å². The SMILES string of the molecule is CC/C1=C/O/C=C2\C(=C3\CCCC4=C3N(CC4)C(C)C1)CN(C(=O)O)N2CCCO. The largest absolute Gasteiger partial charge is 0.470 e. The highest BCUT2D eigenvalue weighted by Crippen LogP contribution is 2.45. The highest BCUT2D eigenvalue weighted by Gasteiger charge is 2.39. The number of nitrogens with zero attached hydrogens (tertiary/aromatic N) is 3. The number of hydrazine groups is 1. The van der Waals surface area contributed by atoms with E-state index < -0.39 is 6.09 Å². The number of carbonyl (C=O) groups is 1. The van der Waals surface area contributed by atoms with Crippen molar-refractivity contribution >= 4 is 6.09 Å². The molecule has 1 aliphatic carbocycles. The molecule has 0 aromatic rings. The number of hydrogen-bond donors (Lipinski definition) is 2. The van der Waals surface area contributed by atoms with Crippen LogP contribution in [0.4, 0.5) is 4.79 Å². The van der Waals surface area contributed by atoms with Gasteiger partial charge in [-0.05, 0) is 68.6 Å². The van der Waals surface area contributed by atoms with Crippen molar-refractivity contribution in [2.24, 2.45) is 0 Å². The van der Waals surface area contributed by atoms with Crippen molar-refractivity contribution in [1.29, 1.82) is 0 Å². The van der Waals surface area contributed by atoms with Crippen LogP contribution in [-0.2, 0) is 4.74 Å². The number of hydrogen-bond acceptors (Lipinski definition) is 5. The van der Waals surface area contributed by atoms with Crippen LogP contribution in [0.1, 0.15) is 58.8 Å². The molecule has 0 aromatic heterocycles. The van der Waals surface area contributed by atoms with E-state index in [1.54, 1.807) is 11.3 Å². The normalized spacial score (nSPS) is 30.1. The molecule has 1 atom stereocenters. The van der Waals surface area contributed by atoms with Gasteiger partial charge in [-0.25, -0.2) is 9.80 Å². The summed E-state index contributed by atoms with van der Waals surface area (Å²) >= 11 is 0. The lowest BCUT2D eigenvalue weighted by molar-refractivity contribution is 0.0435. The summed E-state index contributed by atoms with van der Waals surface area (Å²) in [5.41, 5.74) is 7.28. The molecule has 0 aromatic carbocycles. The number of carboxylic acid groups (broad SMARTS) is 1. The van der Waals surface area contributed by atoms with Gasteiger partial charge in [-0.15, -0.1) is 0 Å². The lowest BCUT2D eigenvalue weighted by atomic mass is 9.87. The Labute approximate surface area is 178 Å². The van der Waals surface area contributed by atoms with Crippen LogP contribution >= 0.6 is 0 Å². The Hall–Kier alpha value is -2.41. The Bertz CT molecular complexity index is 826. The molecule has 0 saturated carbocycles. The van der Waals surface area contributed by atoms with Crippen LogP contribution in [0.2, 0.25) is 0 Å². The minimum Gasteiger partial charge on any atom is -0.470 e. The second-order valence-electron chi connectivity index (χ2n) is 8.57. The maximum atomic E-state index is 12.0. The Morgan fingerprint density at radius 1 is 1.23 bits per heavy atom. The number of aliphatic hydroxyl groups is 1. The monoisotopic (exact) mass is 415 g/mol. The van der Waals surface area contributed by atoms with Crippen molar-refractivity contribution in [3.63, 3.8) is 0 Å². The topological polar surface area (TPSA) is 76.5 Å². The minimum atomic E-state index is -0.979. The van der Waals surface area contributed by atoms with Crippen molar-refractivity contribution in [2.75, 3.05) is 26.2 Å². The van der Waals surface area contributed by atoms with Crippen LogP contribution in [0.3, 0.4) is 0 Å². The summed E-state index contributed by atoms with van der Waals surface area (Å²) in [4.78, 5) is 14.6. The summed E-state index contributed by atoms with van der Waals surface area (Å²) in [6.45, 7) is 6.25. The summed E-state index contributed by atoms with van der Waals surface area (Å²) < 4.78 is 5.91. The number of amides is 1. The second-order valence-corrected chi connectivity index (χ2v) is 8.57. The molecule has 3 heterocycles. The molecule has 30 heavy (non-hydrogen) atoms. The van der Waals surface area contributed by atoms with Crippen molar-refractivity contribution in [3.8, 4) is 0 Å². The Morgan fingerprint density at radius 2 is 2.07 bits per heavy atom. The van der Waals surface area contributed by atoms with Gasteiger partial charge in [0.1, 0.15) is 6.26 Å². The second kappa shape index (κ2) is 8.76. The smallest absolute Gasteiger partial charge is 0.426 e. The Morgan fingerprint density at radius 3 is 2.80 bits per heavy atom. The average Bonchev–Trinajstić information content (AvgIpc) is 3.32. The van der Waals surface area contributed by atoms with Gasteiger partial charge in [0.05, 0.1) is 18.5 Å². The third-order valence-electron chi connectivity index (χ3n) is 6.73. The molecule has 1 saturated heterocycles. The minimum absolute atomic E-state index is 0.0183. The Balaban J connectivity index is 1.86. The van der Waals surface area contributed by atoms with Crippen molar-refractivity contribution in [3.05, 3.63) is 46.2 Å². The number of ether oxygens (including phenoxy) is 1. The third-order valence-corrected chi connectivity index (χ3v) is 6.73. The molecule has 0 radical (unpaired) electrons. The van der Waals surface area contributed by atoms with Crippen molar-refractivity contribution in [2.45, 2.75) is 64.8 Å². The highest BCUT2D eigenvalue weighted by atomic mass is 16.5. The lowest BCUT2D eigenvalue weighted by Gasteiger charge is -2.33. The molecule has 1 fully saturated rings. The van der Waals surface area contributed by atoms with E-state index in [1.807, 2.05) is 6.26 Å². The summed E-state index contributed by atoms with van der Waals surface area (Å²) in [7, 11) is 0. The van der Waals surface area contributed by atoms with Crippen LogP contribution in [-0.4, -0.2) is 63.5 Å². The highest BCUT2D eigenvalue weighted by molar-refractivity contribution is 5.68. The molecular formula is C23H33N3O4. The van der Waals surface area contributed by atoms with Gasteiger partial charge >= 0.3 is 6.09 Å². The molecule has 2 N–H and O–H groups in total. The molecule has 4 aliphatic rings. The zero-order valence-electron chi connectivity index (χ0n) is 18.1. The first kappa shape index (κ1) is 20.8. The molecule has 1 unspecified atom stereocenters. The first-order chi connectivity index (χ1) is 14.5. The van der Waals surface area contributed by atoms with Gasteiger partial charge in [0.2, 0.25) is 0 Å². The van der Waals surface area contributed by atoms with E-state index in [2.05, 4.69) is 18.7 Å². The van der Waals surface area contributed by atoms with Gasteiger partial charge in [0, 0.05) is 37.0 Å². The van der Waals surface area contributed by atoms with E-state index >= 15 is 0 Å². The summed E-state index contributed by atoms with van der Waals surface area (Å²) in [6, 6.07) is 0.380. The van der Waals surface area contributed by atoms with Gasteiger partial charge in [-0.3, -0.25) is 5.01 Å². The van der Waals surface area contributed by atoms with Crippen molar-refractivity contribution < 1.29 is 19.7 Å². The van der Waals surface area contributed by atoms with Crippen LogP contribution in [0.15, 0.2) is 46.2 Å². The third kappa shape index (κ3) is 3.71. The molecule has 0 spiro atoms. The maximum Gasteiger partial charge on any atom is 0.426 e. The van der Waals surface area contributed by atoms with Crippen LogP contribution < -0.4 is 0 Å². The fraction of sp³-hybridized carbons (Fsp3) is 0.609. The summed E-state index contributed by atoms with van der Waals surface area (Å²) in [5, 5.41) is 22.3. The Kier molecular flexibility index (Phi) is 6.09. The van der Waals surface area contributed by atoms with Gasteiger partial charge in [0.25, 0.3) is 0 Å². The molecule has 3 aliphatic heterocycles. The van der Waals surface area contributed by atoms with Crippen LogP contribution in [0.25, 0.3) is 0 Å². The quantitative estimate of drug-likeness (QED) is 0.724. The standard InChI is InChI=1S/C23H33N3O4/c1-3-17-12-16(2)24-10-8-18-6-4-7-19(22(18)24)20-13-26(23(28)29)25(9-5-11-27)21(20)15-30-14-17/h14-16,27H,3-13H2,1-2H3,(H,28,29)/b17-14-,20-19-,21-15+. The van der Waals surface area contributed by atoms with E-state index in [-0.39, 0.29) is 6.61 Å². The average molecular weight is 416 g/mol. The fourth-order valence-electron chi connectivity index (χ4n) is 5.23. The first-order valence-corrected chi connectivity index (χ1v) is 11.2. The van der Waals surface area contributed by atoms with E-state index in [4.69, 9.17) is 4.74 Å². The summed E-state index contributed by atoms with van der Waals surface area (Å²) in [6.07, 6.45) is 9.27. The van der Waals surface area contributed by atoms with E-state index in [9.17, 15) is 15.0 Å². The maximum absolute atomic E-state index is 12.0. The predicted molar refractivity (Wildman–Crippen MR) is 114 cm³/mol.